The van der Waals surface area contributed by atoms with Crippen molar-refractivity contribution in [3.8, 4) is 5.75 Å². The van der Waals surface area contributed by atoms with Crippen molar-refractivity contribution in [2.45, 2.75) is 19.5 Å². The third-order valence-electron chi connectivity index (χ3n) is 4.34. The molecule has 1 atom stereocenters. The molecule has 1 aliphatic rings. The first-order valence-electron chi connectivity index (χ1n) is 8.56. The van der Waals surface area contributed by atoms with Crippen LogP contribution in [0.4, 0.5) is 5.69 Å². The van der Waals surface area contributed by atoms with Crippen LogP contribution in [0.5, 0.6) is 5.75 Å². The summed E-state index contributed by atoms with van der Waals surface area (Å²) in [4.78, 5) is 14.6. The van der Waals surface area contributed by atoms with E-state index < -0.39 is 0 Å². The lowest BCUT2D eigenvalue weighted by Gasteiger charge is -2.34. The number of rotatable bonds is 6. The van der Waals surface area contributed by atoms with E-state index in [0.717, 1.165) is 30.2 Å². The number of benzene rings is 1. The molecule has 1 unspecified atom stereocenters. The predicted octanol–water partition coefficient (Wildman–Crippen LogP) is 0.795. The molecule has 7 nitrogen and oxygen atoms in total. The molecule has 1 saturated heterocycles. The third-order valence-corrected chi connectivity index (χ3v) is 4.34. The van der Waals surface area contributed by atoms with E-state index in [-0.39, 0.29) is 11.9 Å². The van der Waals surface area contributed by atoms with E-state index in [1.165, 1.54) is 0 Å². The van der Waals surface area contributed by atoms with Crippen LogP contribution in [0, 0.1) is 6.92 Å². The summed E-state index contributed by atoms with van der Waals surface area (Å²) in [6, 6.07) is 9.68. The number of aryl methyl sites for hydroxylation is 1. The molecular formula is C18H25N5O2. The van der Waals surface area contributed by atoms with Gasteiger partial charge in [-0.15, -0.1) is 0 Å². The summed E-state index contributed by atoms with van der Waals surface area (Å²) in [6.07, 6.45) is 1.92. The monoisotopic (exact) mass is 343 g/mol. The Kier molecular flexibility index (Phi) is 5.55. The highest BCUT2D eigenvalue weighted by Crippen LogP contribution is 2.20. The van der Waals surface area contributed by atoms with Crippen LogP contribution in [0.2, 0.25) is 0 Å². The molecule has 0 spiro atoms. The van der Waals surface area contributed by atoms with Gasteiger partial charge in [-0.3, -0.25) is 9.48 Å². The van der Waals surface area contributed by atoms with Crippen molar-refractivity contribution in [1.82, 2.24) is 20.4 Å². The number of hydrogen-bond acceptors (Lipinski definition) is 5. The van der Waals surface area contributed by atoms with Gasteiger partial charge in [0.1, 0.15) is 11.8 Å². The van der Waals surface area contributed by atoms with Crippen molar-refractivity contribution < 1.29 is 9.53 Å². The minimum atomic E-state index is -0.213. The molecule has 0 bridgehead atoms. The molecule has 1 fully saturated rings. The van der Waals surface area contributed by atoms with E-state index in [1.807, 2.05) is 48.1 Å². The van der Waals surface area contributed by atoms with Crippen LogP contribution in [0.1, 0.15) is 5.69 Å². The Labute approximate surface area is 148 Å². The zero-order valence-corrected chi connectivity index (χ0v) is 14.7. The normalized spacial score (nSPS) is 17.4. The summed E-state index contributed by atoms with van der Waals surface area (Å²) in [5.41, 5.74) is 2.09. The van der Waals surface area contributed by atoms with Crippen LogP contribution in [-0.4, -0.2) is 55.0 Å². The maximum atomic E-state index is 12.4. The predicted molar refractivity (Wildman–Crippen MR) is 97.0 cm³/mol. The second-order valence-electron chi connectivity index (χ2n) is 6.16. The van der Waals surface area contributed by atoms with Gasteiger partial charge in [-0.05, 0) is 37.3 Å². The first-order valence-corrected chi connectivity index (χ1v) is 8.56. The van der Waals surface area contributed by atoms with E-state index in [0.29, 0.717) is 19.6 Å². The molecule has 3 rings (SSSR count). The van der Waals surface area contributed by atoms with Crippen LogP contribution >= 0.6 is 0 Å². The van der Waals surface area contributed by atoms with Crippen molar-refractivity contribution in [3.05, 3.63) is 42.2 Å². The maximum absolute atomic E-state index is 12.4. The van der Waals surface area contributed by atoms with Gasteiger partial charge in [0, 0.05) is 38.1 Å². The quantitative estimate of drug-likeness (QED) is 0.812. The smallest absolute Gasteiger partial charge is 0.239 e. The number of anilines is 1. The minimum Gasteiger partial charge on any atom is -0.497 e. The molecule has 2 N–H and O–H groups in total. The largest absolute Gasteiger partial charge is 0.497 e. The Bertz CT molecular complexity index is 698. The van der Waals surface area contributed by atoms with Crippen LogP contribution < -0.4 is 20.3 Å². The molecule has 1 amide bonds. The molecule has 134 valence electrons. The number of carbonyl (C=O) groups is 1. The van der Waals surface area contributed by atoms with Gasteiger partial charge in [0.2, 0.25) is 5.91 Å². The van der Waals surface area contributed by atoms with Crippen molar-refractivity contribution in [2.24, 2.45) is 0 Å². The fourth-order valence-corrected chi connectivity index (χ4v) is 2.96. The lowest BCUT2D eigenvalue weighted by atomic mass is 10.1. The number of nitrogens with one attached hydrogen (secondary N) is 2. The Morgan fingerprint density at radius 1 is 1.36 bits per heavy atom. The van der Waals surface area contributed by atoms with Gasteiger partial charge >= 0.3 is 0 Å². The lowest BCUT2D eigenvalue weighted by molar-refractivity contribution is -0.123. The molecule has 0 aliphatic carbocycles. The second kappa shape index (κ2) is 8.02. The molecule has 2 heterocycles. The molecule has 1 aromatic carbocycles. The zero-order valence-electron chi connectivity index (χ0n) is 14.7. The molecule has 25 heavy (non-hydrogen) atoms. The fourth-order valence-electron chi connectivity index (χ4n) is 2.96. The average Bonchev–Trinajstić information content (AvgIpc) is 3.07. The highest BCUT2D eigenvalue weighted by atomic mass is 16.5. The topological polar surface area (TPSA) is 71.4 Å². The van der Waals surface area contributed by atoms with Gasteiger partial charge < -0.3 is 20.3 Å². The fraction of sp³-hybridized carbons (Fsp3) is 0.444. The summed E-state index contributed by atoms with van der Waals surface area (Å²) in [7, 11) is 1.66. The lowest BCUT2D eigenvalue weighted by Crippen LogP contribution is -2.57. The summed E-state index contributed by atoms with van der Waals surface area (Å²) in [5.74, 6) is 0.865. The van der Waals surface area contributed by atoms with Gasteiger partial charge in [-0.1, -0.05) is 0 Å². The number of nitrogens with zero attached hydrogens (tertiary/aromatic N) is 3. The van der Waals surface area contributed by atoms with Gasteiger partial charge in [0.05, 0.1) is 19.3 Å². The van der Waals surface area contributed by atoms with Gasteiger partial charge in [0.25, 0.3) is 0 Å². The van der Waals surface area contributed by atoms with Gasteiger partial charge in [-0.25, -0.2) is 0 Å². The summed E-state index contributed by atoms with van der Waals surface area (Å²) >= 11 is 0. The van der Waals surface area contributed by atoms with Gasteiger partial charge in [-0.2, -0.15) is 5.10 Å². The number of hydrogen-bond donors (Lipinski definition) is 2. The average molecular weight is 343 g/mol. The summed E-state index contributed by atoms with van der Waals surface area (Å²) < 4.78 is 7.04. The standard InChI is InChI=1S/C18H25N5O2/c1-14-7-10-23(21-14)12-9-20-18(24)17-13-22(11-8-19-17)15-3-5-16(25-2)6-4-15/h3-7,10,17,19H,8-9,11-13H2,1-2H3,(H,20,24). The number of amides is 1. The molecule has 0 saturated carbocycles. The Morgan fingerprint density at radius 2 is 2.16 bits per heavy atom. The zero-order chi connectivity index (χ0) is 17.6. The van der Waals surface area contributed by atoms with E-state index >= 15 is 0 Å². The number of carbonyl (C=O) groups excluding carboxylic acids is 1. The van der Waals surface area contributed by atoms with Crippen molar-refractivity contribution >= 4 is 11.6 Å². The van der Waals surface area contributed by atoms with E-state index in [2.05, 4.69) is 20.6 Å². The Morgan fingerprint density at radius 3 is 2.84 bits per heavy atom. The Hall–Kier alpha value is -2.54. The number of piperazine rings is 1. The molecular weight excluding hydrogens is 318 g/mol. The first-order chi connectivity index (χ1) is 12.2. The molecule has 1 aromatic heterocycles. The molecule has 1 aliphatic heterocycles. The van der Waals surface area contributed by atoms with E-state index in [9.17, 15) is 4.79 Å². The summed E-state index contributed by atoms with van der Waals surface area (Å²) in [6.45, 7) is 5.51. The van der Waals surface area contributed by atoms with Crippen molar-refractivity contribution in [3.63, 3.8) is 0 Å². The number of aromatic nitrogens is 2. The van der Waals surface area contributed by atoms with Crippen LogP contribution in [0.25, 0.3) is 0 Å². The maximum Gasteiger partial charge on any atom is 0.239 e. The van der Waals surface area contributed by atoms with Crippen molar-refractivity contribution in [2.75, 3.05) is 38.2 Å². The van der Waals surface area contributed by atoms with Crippen LogP contribution in [0.15, 0.2) is 36.5 Å². The van der Waals surface area contributed by atoms with Crippen molar-refractivity contribution in [1.29, 1.82) is 0 Å². The first kappa shape index (κ1) is 17.3. The van der Waals surface area contributed by atoms with Gasteiger partial charge in [0.15, 0.2) is 0 Å². The number of methoxy groups -OCH3 is 1. The van der Waals surface area contributed by atoms with Crippen LogP contribution in [-0.2, 0) is 11.3 Å². The molecule has 2 aromatic rings. The highest BCUT2D eigenvalue weighted by Gasteiger charge is 2.25. The second-order valence-corrected chi connectivity index (χ2v) is 6.16. The number of ether oxygens (including phenoxy) is 1. The molecule has 7 heteroatoms. The summed E-state index contributed by atoms with van der Waals surface area (Å²) in [5, 5.41) is 10.6. The minimum absolute atomic E-state index is 0.0297. The third kappa shape index (κ3) is 4.51. The van der Waals surface area contributed by atoms with E-state index in [1.54, 1.807) is 7.11 Å². The molecule has 0 radical (unpaired) electrons. The van der Waals surface area contributed by atoms with Crippen LogP contribution in [0.3, 0.4) is 0 Å². The highest BCUT2D eigenvalue weighted by molar-refractivity contribution is 5.82. The van der Waals surface area contributed by atoms with E-state index in [4.69, 9.17) is 4.74 Å². The Balaban J connectivity index is 1.50. The SMILES string of the molecule is COc1ccc(N2CCNC(C(=O)NCCn3ccc(C)n3)C2)cc1.